The van der Waals surface area contributed by atoms with Crippen molar-refractivity contribution in [3.05, 3.63) is 64.9 Å². The highest BCUT2D eigenvalue weighted by molar-refractivity contribution is 5.93. The third-order valence-corrected chi connectivity index (χ3v) is 4.78. The van der Waals surface area contributed by atoms with E-state index >= 15 is 0 Å². The first-order valence-corrected chi connectivity index (χ1v) is 8.32. The second kappa shape index (κ2) is 5.31. The lowest BCUT2D eigenvalue weighted by Gasteiger charge is -2.17. The highest BCUT2D eigenvalue weighted by atomic mass is 16.3. The topological polar surface area (TPSA) is 25.2 Å². The number of benzene rings is 2. The van der Waals surface area contributed by atoms with Crippen LogP contribution in [-0.4, -0.2) is 9.67 Å². The van der Waals surface area contributed by atoms with E-state index in [0.29, 0.717) is 5.75 Å². The lowest BCUT2D eigenvalue weighted by Crippen LogP contribution is -2.04. The number of nitrogens with zero attached hydrogens (tertiary/aromatic N) is 1. The molecule has 3 aromatic rings. The van der Waals surface area contributed by atoms with Gasteiger partial charge in [0.1, 0.15) is 5.75 Å². The SMILES string of the molecule is CCc1cc(C)cc(-n2c3c(c4ccccc42)C=CCC3)c1O. The van der Waals surface area contributed by atoms with Crippen LogP contribution >= 0.6 is 0 Å². The van der Waals surface area contributed by atoms with Crippen molar-refractivity contribution in [2.24, 2.45) is 0 Å². The van der Waals surface area contributed by atoms with Gasteiger partial charge in [0.15, 0.2) is 0 Å². The largest absolute Gasteiger partial charge is 0.505 e. The van der Waals surface area contributed by atoms with Crippen LogP contribution in [0.3, 0.4) is 0 Å². The molecular formula is C21H21NO. The predicted molar refractivity (Wildman–Crippen MR) is 96.4 cm³/mol. The second-order valence-corrected chi connectivity index (χ2v) is 6.30. The fourth-order valence-electron chi connectivity index (χ4n) is 3.72. The van der Waals surface area contributed by atoms with Crippen LogP contribution in [-0.2, 0) is 12.8 Å². The van der Waals surface area contributed by atoms with E-state index in [2.05, 4.69) is 67.0 Å². The summed E-state index contributed by atoms with van der Waals surface area (Å²) in [5.41, 5.74) is 6.88. The Morgan fingerprint density at radius 3 is 2.83 bits per heavy atom. The highest BCUT2D eigenvalue weighted by Crippen LogP contribution is 2.38. The Morgan fingerprint density at radius 2 is 2.00 bits per heavy atom. The lowest BCUT2D eigenvalue weighted by molar-refractivity contribution is 0.465. The van der Waals surface area contributed by atoms with Gasteiger partial charge in [0, 0.05) is 16.6 Å². The Balaban J connectivity index is 2.12. The summed E-state index contributed by atoms with van der Waals surface area (Å²) in [5, 5.41) is 12.1. The molecule has 0 unspecified atom stereocenters. The summed E-state index contributed by atoms with van der Waals surface area (Å²) in [7, 11) is 0. The molecular weight excluding hydrogens is 282 g/mol. The molecule has 1 aliphatic carbocycles. The molecule has 1 heterocycles. The van der Waals surface area contributed by atoms with Crippen molar-refractivity contribution in [2.45, 2.75) is 33.1 Å². The van der Waals surface area contributed by atoms with E-state index in [1.807, 2.05) is 0 Å². The number of phenols is 1. The molecule has 0 spiro atoms. The first-order chi connectivity index (χ1) is 11.2. The average molecular weight is 303 g/mol. The molecule has 0 atom stereocenters. The minimum atomic E-state index is 0.413. The summed E-state index contributed by atoms with van der Waals surface area (Å²) in [6.07, 6.45) is 7.37. The summed E-state index contributed by atoms with van der Waals surface area (Å²) in [6.45, 7) is 4.18. The van der Waals surface area contributed by atoms with Crippen molar-refractivity contribution in [1.29, 1.82) is 0 Å². The van der Waals surface area contributed by atoms with Gasteiger partial charge in [-0.2, -0.15) is 0 Å². The normalized spacial score (nSPS) is 13.5. The molecule has 2 heteroatoms. The van der Waals surface area contributed by atoms with E-state index in [9.17, 15) is 5.11 Å². The molecule has 1 aromatic heterocycles. The maximum atomic E-state index is 10.8. The van der Waals surface area contributed by atoms with E-state index < -0.39 is 0 Å². The van der Waals surface area contributed by atoms with Gasteiger partial charge < -0.3 is 9.67 Å². The summed E-state index contributed by atoms with van der Waals surface area (Å²) < 4.78 is 2.26. The molecule has 0 radical (unpaired) electrons. The maximum Gasteiger partial charge on any atom is 0.142 e. The van der Waals surface area contributed by atoms with Gasteiger partial charge in [0.25, 0.3) is 0 Å². The lowest BCUT2D eigenvalue weighted by atomic mass is 10.0. The van der Waals surface area contributed by atoms with Crippen LogP contribution in [0, 0.1) is 6.92 Å². The second-order valence-electron chi connectivity index (χ2n) is 6.30. The van der Waals surface area contributed by atoms with Crippen LogP contribution in [0.4, 0.5) is 0 Å². The molecule has 0 saturated carbocycles. The van der Waals surface area contributed by atoms with Gasteiger partial charge >= 0.3 is 0 Å². The molecule has 0 amide bonds. The van der Waals surface area contributed by atoms with Crippen molar-refractivity contribution < 1.29 is 5.11 Å². The number of hydrogen-bond donors (Lipinski definition) is 1. The standard InChI is InChI=1S/C21H21NO/c1-3-15-12-14(2)13-20(21(15)23)22-18-10-6-4-8-16(18)17-9-5-7-11-19(17)22/h4-6,8-10,12-13,23H,3,7,11H2,1-2H3. The molecule has 116 valence electrons. The summed E-state index contributed by atoms with van der Waals surface area (Å²) >= 11 is 0. The van der Waals surface area contributed by atoms with E-state index in [4.69, 9.17) is 0 Å². The minimum Gasteiger partial charge on any atom is -0.505 e. The number of hydrogen-bond acceptors (Lipinski definition) is 1. The van der Waals surface area contributed by atoms with E-state index in [0.717, 1.165) is 30.5 Å². The molecule has 4 rings (SSSR count). The zero-order valence-corrected chi connectivity index (χ0v) is 13.6. The molecule has 1 N–H and O–H groups in total. The van der Waals surface area contributed by atoms with Crippen LogP contribution in [0.2, 0.25) is 0 Å². The number of phenolic OH excluding ortho intramolecular Hbond substituents is 1. The van der Waals surface area contributed by atoms with Crippen molar-refractivity contribution in [3.8, 4) is 11.4 Å². The van der Waals surface area contributed by atoms with Crippen LogP contribution in [0.5, 0.6) is 5.75 Å². The van der Waals surface area contributed by atoms with E-state index in [1.54, 1.807) is 0 Å². The van der Waals surface area contributed by atoms with Crippen molar-refractivity contribution in [3.63, 3.8) is 0 Å². The fourth-order valence-corrected chi connectivity index (χ4v) is 3.72. The molecule has 0 bridgehead atoms. The molecule has 0 aliphatic heterocycles. The molecule has 2 nitrogen and oxygen atoms in total. The zero-order chi connectivity index (χ0) is 16.0. The third-order valence-electron chi connectivity index (χ3n) is 4.78. The summed E-state index contributed by atoms with van der Waals surface area (Å²) in [4.78, 5) is 0. The number of allylic oxidation sites excluding steroid dienone is 1. The predicted octanol–water partition coefficient (Wildman–Crippen LogP) is 5.17. The third kappa shape index (κ3) is 2.09. The summed E-state index contributed by atoms with van der Waals surface area (Å²) in [6, 6.07) is 12.7. The first kappa shape index (κ1) is 14.1. The van der Waals surface area contributed by atoms with E-state index in [1.165, 1.54) is 27.7 Å². The Morgan fingerprint density at radius 1 is 1.17 bits per heavy atom. The molecule has 1 aliphatic rings. The van der Waals surface area contributed by atoms with Gasteiger partial charge in [-0.15, -0.1) is 0 Å². The maximum absolute atomic E-state index is 10.8. The molecule has 0 saturated heterocycles. The van der Waals surface area contributed by atoms with Gasteiger partial charge in [0.2, 0.25) is 0 Å². The van der Waals surface area contributed by atoms with Crippen LogP contribution in [0.25, 0.3) is 22.7 Å². The van der Waals surface area contributed by atoms with Crippen molar-refractivity contribution in [2.75, 3.05) is 0 Å². The number of aromatic nitrogens is 1. The Hall–Kier alpha value is -2.48. The highest BCUT2D eigenvalue weighted by Gasteiger charge is 2.20. The smallest absolute Gasteiger partial charge is 0.142 e. The number of rotatable bonds is 2. The number of para-hydroxylation sites is 1. The van der Waals surface area contributed by atoms with Gasteiger partial charge in [-0.1, -0.05) is 43.3 Å². The molecule has 23 heavy (non-hydrogen) atoms. The number of fused-ring (bicyclic) bond motifs is 3. The average Bonchev–Trinajstić information content (AvgIpc) is 2.91. The fraction of sp³-hybridized carbons (Fsp3) is 0.238. The first-order valence-electron chi connectivity index (χ1n) is 8.32. The minimum absolute atomic E-state index is 0.413. The number of aryl methyl sites for hydroxylation is 2. The van der Waals surface area contributed by atoms with Gasteiger partial charge in [-0.25, -0.2) is 0 Å². The monoisotopic (exact) mass is 303 g/mol. The molecule has 0 fully saturated rings. The van der Waals surface area contributed by atoms with Crippen LogP contribution < -0.4 is 0 Å². The van der Waals surface area contributed by atoms with Crippen molar-refractivity contribution in [1.82, 2.24) is 4.57 Å². The van der Waals surface area contributed by atoms with Gasteiger partial charge in [-0.3, -0.25) is 0 Å². The van der Waals surface area contributed by atoms with Gasteiger partial charge in [-0.05, 0) is 49.4 Å². The Labute approximate surface area is 136 Å². The van der Waals surface area contributed by atoms with Gasteiger partial charge in [0.05, 0.1) is 11.2 Å². The quantitative estimate of drug-likeness (QED) is 0.694. The van der Waals surface area contributed by atoms with Crippen LogP contribution in [0.1, 0.15) is 35.7 Å². The Bertz CT molecular complexity index is 931. The van der Waals surface area contributed by atoms with Crippen molar-refractivity contribution >= 4 is 17.0 Å². The Kier molecular flexibility index (Phi) is 3.26. The number of aromatic hydroxyl groups is 1. The van der Waals surface area contributed by atoms with Crippen LogP contribution in [0.15, 0.2) is 42.5 Å². The zero-order valence-electron chi connectivity index (χ0n) is 13.6. The van der Waals surface area contributed by atoms with E-state index in [-0.39, 0.29) is 0 Å². The molecule has 2 aromatic carbocycles. The summed E-state index contributed by atoms with van der Waals surface area (Å²) in [5.74, 6) is 0.413.